The van der Waals surface area contributed by atoms with Crippen molar-refractivity contribution in [2.24, 2.45) is 0 Å². The first-order chi connectivity index (χ1) is 13.9. The van der Waals surface area contributed by atoms with Gasteiger partial charge in [0.1, 0.15) is 5.76 Å². The van der Waals surface area contributed by atoms with Crippen LogP contribution in [0.25, 0.3) is 0 Å². The summed E-state index contributed by atoms with van der Waals surface area (Å²) in [6, 6.07) is 8.64. The summed E-state index contributed by atoms with van der Waals surface area (Å²) in [6.45, 7) is 1.44. The summed E-state index contributed by atoms with van der Waals surface area (Å²) in [5.41, 5.74) is -0.173. The van der Waals surface area contributed by atoms with Crippen molar-refractivity contribution in [3.05, 3.63) is 48.4 Å². The number of rotatable bonds is 9. The lowest BCUT2D eigenvalue weighted by Crippen LogP contribution is -2.38. The molecule has 1 fully saturated rings. The SMILES string of the molecule is O=C(CN(Cc1ccco1)CC1CCCO1)Nc1ccccc1S(=O)(=O)C(F)F. The molecule has 3 rings (SSSR count). The van der Waals surface area contributed by atoms with Crippen molar-refractivity contribution < 1.29 is 31.1 Å². The zero-order valence-electron chi connectivity index (χ0n) is 15.6. The minimum Gasteiger partial charge on any atom is -0.468 e. The number of carbonyl (C=O) groups is 1. The highest BCUT2D eigenvalue weighted by atomic mass is 32.2. The number of para-hydroxylation sites is 1. The number of ether oxygens (including phenoxy) is 1. The second kappa shape index (κ2) is 9.47. The predicted molar refractivity (Wildman–Crippen MR) is 101 cm³/mol. The van der Waals surface area contributed by atoms with Crippen LogP contribution in [0.15, 0.2) is 52.0 Å². The fourth-order valence-corrected chi connectivity index (χ4v) is 4.08. The average Bonchev–Trinajstić information content (AvgIpc) is 3.36. The van der Waals surface area contributed by atoms with E-state index in [2.05, 4.69) is 5.32 Å². The van der Waals surface area contributed by atoms with Gasteiger partial charge in [0.15, 0.2) is 0 Å². The van der Waals surface area contributed by atoms with Crippen molar-refractivity contribution in [1.82, 2.24) is 4.90 Å². The molecule has 0 bridgehead atoms. The fourth-order valence-electron chi connectivity index (χ4n) is 3.19. The molecular formula is C19H22F2N2O5S. The highest BCUT2D eigenvalue weighted by molar-refractivity contribution is 7.91. The molecule has 158 valence electrons. The smallest absolute Gasteiger partial charge is 0.341 e. The van der Waals surface area contributed by atoms with Crippen molar-refractivity contribution >= 4 is 21.4 Å². The number of anilines is 1. The largest absolute Gasteiger partial charge is 0.468 e. The lowest BCUT2D eigenvalue weighted by Gasteiger charge is -2.24. The van der Waals surface area contributed by atoms with Gasteiger partial charge in [-0.05, 0) is 37.1 Å². The number of furan rings is 1. The van der Waals surface area contributed by atoms with E-state index in [4.69, 9.17) is 9.15 Å². The molecule has 0 radical (unpaired) electrons. The van der Waals surface area contributed by atoms with Gasteiger partial charge in [-0.2, -0.15) is 8.78 Å². The Hall–Kier alpha value is -2.30. The van der Waals surface area contributed by atoms with Gasteiger partial charge in [0.2, 0.25) is 15.7 Å². The zero-order chi connectivity index (χ0) is 20.9. The van der Waals surface area contributed by atoms with Crippen LogP contribution in [0.4, 0.5) is 14.5 Å². The lowest BCUT2D eigenvalue weighted by atomic mass is 10.2. The molecule has 0 saturated carbocycles. The number of nitrogens with zero attached hydrogens (tertiary/aromatic N) is 1. The minimum atomic E-state index is -4.84. The van der Waals surface area contributed by atoms with E-state index in [-0.39, 0.29) is 18.3 Å². The molecule has 1 aliphatic rings. The van der Waals surface area contributed by atoms with Crippen LogP contribution in [0.1, 0.15) is 18.6 Å². The Morgan fingerprint density at radius 3 is 2.69 bits per heavy atom. The van der Waals surface area contributed by atoms with Crippen LogP contribution in [-0.2, 0) is 25.9 Å². The predicted octanol–water partition coefficient (Wildman–Crippen LogP) is 2.90. The molecule has 0 spiro atoms. The third-order valence-electron chi connectivity index (χ3n) is 4.51. The van der Waals surface area contributed by atoms with E-state index in [0.29, 0.717) is 25.5 Å². The second-order valence-corrected chi connectivity index (χ2v) is 8.62. The molecular weight excluding hydrogens is 406 g/mol. The molecule has 7 nitrogen and oxygen atoms in total. The van der Waals surface area contributed by atoms with Crippen LogP contribution in [0.3, 0.4) is 0 Å². The van der Waals surface area contributed by atoms with E-state index in [1.54, 1.807) is 12.1 Å². The maximum atomic E-state index is 12.9. The van der Waals surface area contributed by atoms with Gasteiger partial charge < -0.3 is 14.5 Å². The third-order valence-corrected chi connectivity index (χ3v) is 5.95. The lowest BCUT2D eigenvalue weighted by molar-refractivity contribution is -0.117. The summed E-state index contributed by atoms with van der Waals surface area (Å²) in [7, 11) is -4.84. The molecule has 1 amide bonds. The van der Waals surface area contributed by atoms with Gasteiger partial charge in [-0.3, -0.25) is 9.69 Å². The van der Waals surface area contributed by atoms with Gasteiger partial charge in [-0.15, -0.1) is 0 Å². The molecule has 29 heavy (non-hydrogen) atoms. The number of sulfone groups is 1. The van der Waals surface area contributed by atoms with Gasteiger partial charge >= 0.3 is 5.76 Å². The normalized spacial score (nSPS) is 17.2. The molecule has 10 heteroatoms. The van der Waals surface area contributed by atoms with E-state index in [1.165, 1.54) is 24.5 Å². The van der Waals surface area contributed by atoms with Crippen LogP contribution in [-0.4, -0.2) is 50.8 Å². The van der Waals surface area contributed by atoms with E-state index in [9.17, 15) is 22.0 Å². The average molecular weight is 428 g/mol. The van der Waals surface area contributed by atoms with E-state index in [0.717, 1.165) is 18.9 Å². The van der Waals surface area contributed by atoms with Crippen LogP contribution in [0.2, 0.25) is 0 Å². The summed E-state index contributed by atoms with van der Waals surface area (Å²) in [4.78, 5) is 13.8. The number of amides is 1. The number of alkyl halides is 2. The van der Waals surface area contributed by atoms with Crippen molar-refractivity contribution in [3.63, 3.8) is 0 Å². The van der Waals surface area contributed by atoms with Gasteiger partial charge in [0.25, 0.3) is 0 Å². The van der Waals surface area contributed by atoms with Gasteiger partial charge in [-0.25, -0.2) is 8.42 Å². The molecule has 1 saturated heterocycles. The zero-order valence-corrected chi connectivity index (χ0v) is 16.4. The molecule has 1 aromatic carbocycles. The fraction of sp³-hybridized carbons (Fsp3) is 0.421. The summed E-state index contributed by atoms with van der Waals surface area (Å²) < 4.78 is 60.5. The Labute approximate surface area is 167 Å². The monoisotopic (exact) mass is 428 g/mol. The number of nitrogens with one attached hydrogen (secondary N) is 1. The minimum absolute atomic E-state index is 0.00994. The first kappa shape index (κ1) is 21.4. The Morgan fingerprint density at radius 1 is 1.24 bits per heavy atom. The molecule has 1 unspecified atom stereocenters. The van der Waals surface area contributed by atoms with Crippen LogP contribution in [0.5, 0.6) is 0 Å². The number of hydrogen-bond donors (Lipinski definition) is 1. The van der Waals surface area contributed by atoms with Crippen molar-refractivity contribution in [1.29, 1.82) is 0 Å². The first-order valence-electron chi connectivity index (χ1n) is 9.13. The number of hydrogen-bond acceptors (Lipinski definition) is 6. The van der Waals surface area contributed by atoms with Gasteiger partial charge in [0, 0.05) is 13.2 Å². The molecule has 2 aromatic rings. The van der Waals surface area contributed by atoms with Crippen LogP contribution in [0, 0.1) is 0 Å². The van der Waals surface area contributed by atoms with Crippen LogP contribution < -0.4 is 5.32 Å². The highest BCUT2D eigenvalue weighted by Crippen LogP contribution is 2.26. The molecule has 2 heterocycles. The summed E-state index contributed by atoms with van der Waals surface area (Å²) in [6.07, 6.45) is 3.35. The van der Waals surface area contributed by atoms with Gasteiger partial charge in [0.05, 0.1) is 36.0 Å². The van der Waals surface area contributed by atoms with Crippen molar-refractivity contribution in [3.8, 4) is 0 Å². The van der Waals surface area contributed by atoms with Crippen molar-refractivity contribution in [2.75, 3.05) is 25.0 Å². The Bertz CT molecular complexity index is 912. The molecule has 1 aliphatic heterocycles. The standard InChI is InChI=1S/C19H22F2N2O5S/c20-19(21)29(25,26)17-8-2-1-7-16(17)22-18(24)13-23(11-14-5-3-9-27-14)12-15-6-4-10-28-15/h1-3,5,7-9,15,19H,4,6,10-13H2,(H,22,24). The summed E-state index contributed by atoms with van der Waals surface area (Å²) in [5.74, 6) is -3.43. The molecule has 1 atom stereocenters. The van der Waals surface area contributed by atoms with Gasteiger partial charge in [-0.1, -0.05) is 12.1 Å². The Morgan fingerprint density at radius 2 is 2.03 bits per heavy atom. The first-order valence-corrected chi connectivity index (χ1v) is 10.7. The van der Waals surface area contributed by atoms with Crippen LogP contribution >= 0.6 is 0 Å². The number of benzene rings is 1. The van der Waals surface area contributed by atoms with Crippen molar-refractivity contribution in [2.45, 2.75) is 36.1 Å². The maximum Gasteiger partial charge on any atom is 0.341 e. The summed E-state index contributed by atoms with van der Waals surface area (Å²) in [5, 5.41) is 2.44. The Kier molecular flexibility index (Phi) is 6.99. The Balaban J connectivity index is 1.71. The summed E-state index contributed by atoms with van der Waals surface area (Å²) >= 11 is 0. The molecule has 0 aliphatic carbocycles. The topological polar surface area (TPSA) is 88.8 Å². The molecule has 1 N–H and O–H groups in total. The third kappa shape index (κ3) is 5.62. The van der Waals surface area contributed by atoms with E-state index < -0.39 is 26.4 Å². The number of halogens is 2. The highest BCUT2D eigenvalue weighted by Gasteiger charge is 2.30. The quantitative estimate of drug-likeness (QED) is 0.661. The molecule has 1 aromatic heterocycles. The van der Waals surface area contributed by atoms with E-state index >= 15 is 0 Å². The van der Waals surface area contributed by atoms with E-state index in [1.807, 2.05) is 4.90 Å². The number of carbonyl (C=O) groups excluding carboxylic acids is 1. The second-order valence-electron chi connectivity index (χ2n) is 6.73. The maximum absolute atomic E-state index is 12.9.